The van der Waals surface area contributed by atoms with Gasteiger partial charge in [-0.1, -0.05) is 76.3 Å². The molecule has 0 aromatic heterocycles. The van der Waals surface area contributed by atoms with E-state index in [1.165, 1.54) is 16.4 Å². The second-order valence-corrected chi connectivity index (χ2v) is 8.41. The van der Waals surface area contributed by atoms with Crippen molar-refractivity contribution in [2.45, 2.75) is 65.2 Å². The van der Waals surface area contributed by atoms with Crippen molar-refractivity contribution in [2.75, 3.05) is 4.43 Å². The summed E-state index contributed by atoms with van der Waals surface area (Å²) < 4.78 is 1.17. The van der Waals surface area contributed by atoms with Crippen LogP contribution in [0.4, 0.5) is 0 Å². The summed E-state index contributed by atoms with van der Waals surface area (Å²) in [6.07, 6.45) is 2.29. The molecule has 1 rings (SSSR count). The molecule has 0 bridgehead atoms. The Bertz CT molecular complexity index is 401. The minimum absolute atomic E-state index is 0.0234. The van der Waals surface area contributed by atoms with E-state index < -0.39 is 0 Å². The molecule has 0 aliphatic rings. The third-order valence-electron chi connectivity index (χ3n) is 3.38. The Balaban J connectivity index is 3.39. The van der Waals surface area contributed by atoms with Gasteiger partial charge in [0.05, 0.1) is 0 Å². The van der Waals surface area contributed by atoms with Crippen molar-refractivity contribution >= 4 is 22.6 Å². The zero-order valence-electron chi connectivity index (χ0n) is 13.1. The number of hydrogen-bond acceptors (Lipinski definition) is 1. The van der Waals surface area contributed by atoms with Crippen molar-refractivity contribution in [1.29, 1.82) is 0 Å². The van der Waals surface area contributed by atoms with Crippen LogP contribution < -0.4 is 0 Å². The van der Waals surface area contributed by atoms with Crippen molar-refractivity contribution in [2.24, 2.45) is 0 Å². The fraction of sp³-hybridized carbons (Fsp3) is 0.647. The molecule has 1 nitrogen and oxygen atoms in total. The van der Waals surface area contributed by atoms with E-state index in [-0.39, 0.29) is 10.8 Å². The van der Waals surface area contributed by atoms with E-state index in [4.69, 9.17) is 0 Å². The van der Waals surface area contributed by atoms with Crippen molar-refractivity contribution in [3.8, 4) is 5.75 Å². The van der Waals surface area contributed by atoms with Gasteiger partial charge in [0, 0.05) is 0 Å². The maximum atomic E-state index is 10.6. The normalized spacial score (nSPS) is 12.8. The minimum atomic E-state index is -0.0234. The van der Waals surface area contributed by atoms with Gasteiger partial charge < -0.3 is 5.11 Å². The smallest absolute Gasteiger partial charge is 0.123 e. The van der Waals surface area contributed by atoms with Crippen LogP contribution in [0.5, 0.6) is 5.75 Å². The lowest BCUT2D eigenvalue weighted by molar-refractivity contribution is 0.422. The molecule has 0 aliphatic carbocycles. The highest BCUT2D eigenvalue weighted by molar-refractivity contribution is 14.1. The predicted octanol–water partition coefficient (Wildman–Crippen LogP) is 5.35. The maximum Gasteiger partial charge on any atom is 0.123 e. The molecule has 1 N–H and O–H groups in total. The molecule has 0 fully saturated rings. The SMILES string of the molecule is CC(C)(C)c1cc(CCCI)cc(C(C)(C)C)c1O. The van der Waals surface area contributed by atoms with Crippen molar-refractivity contribution in [1.82, 2.24) is 0 Å². The fourth-order valence-corrected chi connectivity index (χ4v) is 2.63. The molecule has 0 atom stereocenters. The van der Waals surface area contributed by atoms with Crippen LogP contribution in [-0.4, -0.2) is 9.53 Å². The molecule has 0 unspecified atom stereocenters. The maximum absolute atomic E-state index is 10.6. The Labute approximate surface area is 132 Å². The molecule has 1 aromatic carbocycles. The average Bonchev–Trinajstić information content (AvgIpc) is 2.24. The third kappa shape index (κ3) is 4.37. The Morgan fingerprint density at radius 1 is 0.947 bits per heavy atom. The van der Waals surface area contributed by atoms with Gasteiger partial charge in [-0.25, -0.2) is 0 Å². The second kappa shape index (κ2) is 6.02. The monoisotopic (exact) mass is 374 g/mol. The minimum Gasteiger partial charge on any atom is -0.507 e. The van der Waals surface area contributed by atoms with E-state index in [2.05, 4.69) is 76.3 Å². The molecular formula is C17H27IO. The summed E-state index contributed by atoms with van der Waals surface area (Å²) in [5.41, 5.74) is 3.45. The molecular weight excluding hydrogens is 347 g/mol. The van der Waals surface area contributed by atoms with Crippen LogP contribution in [0.15, 0.2) is 12.1 Å². The Hall–Kier alpha value is -0.250. The first-order valence-corrected chi connectivity index (χ1v) is 8.52. The van der Waals surface area contributed by atoms with E-state index in [0.29, 0.717) is 5.75 Å². The molecule has 0 aliphatic heterocycles. The Morgan fingerprint density at radius 2 is 1.37 bits per heavy atom. The molecule has 0 amide bonds. The second-order valence-electron chi connectivity index (χ2n) is 7.33. The highest BCUT2D eigenvalue weighted by Crippen LogP contribution is 2.39. The van der Waals surface area contributed by atoms with Crippen LogP contribution >= 0.6 is 22.6 Å². The number of phenols is 1. The Morgan fingerprint density at radius 3 is 1.68 bits per heavy atom. The largest absolute Gasteiger partial charge is 0.507 e. The molecule has 0 saturated heterocycles. The van der Waals surface area contributed by atoms with Crippen molar-refractivity contribution < 1.29 is 5.11 Å². The van der Waals surface area contributed by atoms with Gasteiger partial charge in [0.1, 0.15) is 5.75 Å². The summed E-state index contributed by atoms with van der Waals surface area (Å²) in [6, 6.07) is 4.38. The molecule has 0 radical (unpaired) electrons. The van der Waals surface area contributed by atoms with Gasteiger partial charge in [-0.3, -0.25) is 0 Å². The Kier molecular flexibility index (Phi) is 5.33. The van der Waals surface area contributed by atoms with Crippen LogP contribution in [0.3, 0.4) is 0 Å². The van der Waals surface area contributed by atoms with Gasteiger partial charge in [-0.05, 0) is 44.8 Å². The van der Waals surface area contributed by atoms with Crippen LogP contribution in [0.25, 0.3) is 0 Å². The number of rotatable bonds is 3. The molecule has 0 spiro atoms. The van der Waals surface area contributed by atoms with Crippen LogP contribution in [0.2, 0.25) is 0 Å². The number of hydrogen-bond donors (Lipinski definition) is 1. The number of halogens is 1. The highest BCUT2D eigenvalue weighted by Gasteiger charge is 2.26. The van der Waals surface area contributed by atoms with Gasteiger partial charge in [0.15, 0.2) is 0 Å². The van der Waals surface area contributed by atoms with E-state index in [0.717, 1.165) is 17.5 Å². The molecule has 19 heavy (non-hydrogen) atoms. The summed E-state index contributed by atoms with van der Waals surface area (Å²) >= 11 is 2.42. The molecule has 0 saturated carbocycles. The van der Waals surface area contributed by atoms with E-state index in [1.54, 1.807) is 0 Å². The van der Waals surface area contributed by atoms with Gasteiger partial charge in [0.25, 0.3) is 0 Å². The van der Waals surface area contributed by atoms with E-state index in [9.17, 15) is 5.11 Å². The summed E-state index contributed by atoms with van der Waals surface area (Å²) in [5.74, 6) is 0.484. The first kappa shape index (κ1) is 16.8. The number of aromatic hydroxyl groups is 1. The van der Waals surface area contributed by atoms with E-state index in [1.807, 2.05) is 0 Å². The number of aryl methyl sites for hydroxylation is 1. The molecule has 108 valence electrons. The third-order valence-corrected chi connectivity index (χ3v) is 4.15. The summed E-state index contributed by atoms with van der Waals surface area (Å²) in [5, 5.41) is 10.6. The lowest BCUT2D eigenvalue weighted by Crippen LogP contribution is -2.18. The van der Waals surface area contributed by atoms with Gasteiger partial charge in [-0.15, -0.1) is 0 Å². The first-order chi connectivity index (χ1) is 8.57. The molecule has 1 aromatic rings. The highest BCUT2D eigenvalue weighted by atomic mass is 127. The van der Waals surface area contributed by atoms with Crippen molar-refractivity contribution in [3.05, 3.63) is 28.8 Å². The average molecular weight is 374 g/mol. The number of alkyl halides is 1. The number of benzene rings is 1. The zero-order chi connectivity index (χ0) is 14.8. The van der Waals surface area contributed by atoms with E-state index >= 15 is 0 Å². The van der Waals surface area contributed by atoms with Gasteiger partial charge in [0.2, 0.25) is 0 Å². The standard InChI is InChI=1S/C17H27IO/c1-16(2,3)13-10-12(8-7-9-18)11-14(15(13)19)17(4,5)6/h10-11,19H,7-9H2,1-6H3. The van der Waals surface area contributed by atoms with Gasteiger partial charge >= 0.3 is 0 Å². The lowest BCUT2D eigenvalue weighted by atomic mass is 9.78. The molecule has 2 heteroatoms. The van der Waals surface area contributed by atoms with Crippen molar-refractivity contribution in [3.63, 3.8) is 0 Å². The summed E-state index contributed by atoms with van der Waals surface area (Å²) in [7, 11) is 0. The fourth-order valence-electron chi connectivity index (χ4n) is 2.25. The zero-order valence-corrected chi connectivity index (χ0v) is 15.3. The topological polar surface area (TPSA) is 20.2 Å². The van der Waals surface area contributed by atoms with Gasteiger partial charge in [-0.2, -0.15) is 0 Å². The summed E-state index contributed by atoms with van der Waals surface area (Å²) in [6.45, 7) is 13.0. The quantitative estimate of drug-likeness (QED) is 0.558. The van der Waals surface area contributed by atoms with Crippen LogP contribution in [-0.2, 0) is 17.3 Å². The first-order valence-electron chi connectivity index (χ1n) is 7.00. The predicted molar refractivity (Wildman–Crippen MR) is 92.7 cm³/mol. The van der Waals surface area contributed by atoms with Crippen LogP contribution in [0.1, 0.15) is 64.7 Å². The lowest BCUT2D eigenvalue weighted by Gasteiger charge is -2.28. The van der Waals surface area contributed by atoms with Crippen LogP contribution in [0, 0.1) is 0 Å². The molecule has 0 heterocycles. The summed E-state index contributed by atoms with van der Waals surface area (Å²) in [4.78, 5) is 0. The number of phenolic OH excluding ortho intramolecular Hbond substituents is 1.